The summed E-state index contributed by atoms with van der Waals surface area (Å²) in [6, 6.07) is 11.5. The van der Waals surface area contributed by atoms with Gasteiger partial charge in [-0.2, -0.15) is 0 Å². The van der Waals surface area contributed by atoms with Crippen molar-refractivity contribution in [1.82, 2.24) is 0 Å². The van der Waals surface area contributed by atoms with Crippen molar-refractivity contribution in [2.45, 2.75) is 33.6 Å². The third-order valence-corrected chi connectivity index (χ3v) is 4.29. The Labute approximate surface area is 124 Å². The third kappa shape index (κ3) is 2.82. The summed E-state index contributed by atoms with van der Waals surface area (Å²) in [5.74, 6) is -1.03. The van der Waals surface area contributed by atoms with E-state index >= 15 is 0 Å². The van der Waals surface area contributed by atoms with Crippen molar-refractivity contribution < 1.29 is 14.7 Å². The van der Waals surface area contributed by atoms with Gasteiger partial charge in [-0.1, -0.05) is 43.3 Å². The molecule has 0 amide bonds. The number of hydrogen-bond acceptors (Lipinski definition) is 2. The van der Waals surface area contributed by atoms with E-state index in [1.54, 1.807) is 19.9 Å². The van der Waals surface area contributed by atoms with E-state index in [0.717, 1.165) is 16.3 Å². The minimum atomic E-state index is -1.01. The summed E-state index contributed by atoms with van der Waals surface area (Å²) in [4.78, 5) is 24.0. The van der Waals surface area contributed by atoms with E-state index < -0.39 is 11.4 Å². The molecule has 2 aromatic carbocycles. The first-order valence-electron chi connectivity index (χ1n) is 7.14. The molecule has 0 aliphatic carbocycles. The summed E-state index contributed by atoms with van der Waals surface area (Å²) in [6.07, 6.45) is 0.448. The molecule has 0 saturated heterocycles. The van der Waals surface area contributed by atoms with Crippen LogP contribution in [0.4, 0.5) is 0 Å². The number of hydrogen-bond donors (Lipinski definition) is 1. The fourth-order valence-corrected chi connectivity index (χ4v) is 2.51. The lowest BCUT2D eigenvalue weighted by Gasteiger charge is -2.22. The van der Waals surface area contributed by atoms with Crippen molar-refractivity contribution in [3.8, 4) is 0 Å². The third-order valence-electron chi connectivity index (χ3n) is 4.29. The molecule has 0 saturated carbocycles. The van der Waals surface area contributed by atoms with Gasteiger partial charge in [-0.15, -0.1) is 0 Å². The Bertz CT molecular complexity index is 703. The van der Waals surface area contributed by atoms with Crippen molar-refractivity contribution in [1.29, 1.82) is 0 Å². The zero-order valence-corrected chi connectivity index (χ0v) is 12.6. The van der Waals surface area contributed by atoms with Crippen LogP contribution < -0.4 is 0 Å². The van der Waals surface area contributed by atoms with E-state index in [4.69, 9.17) is 0 Å². The quantitative estimate of drug-likeness (QED) is 0.836. The Morgan fingerprint density at radius 1 is 1.10 bits per heavy atom. The van der Waals surface area contributed by atoms with Gasteiger partial charge in [0.2, 0.25) is 0 Å². The number of fused-ring (bicyclic) bond motifs is 1. The second kappa shape index (κ2) is 5.68. The maximum Gasteiger partial charge on any atom is 0.309 e. The fraction of sp³-hybridized carbons (Fsp3) is 0.333. The highest BCUT2D eigenvalue weighted by Crippen LogP contribution is 2.30. The topological polar surface area (TPSA) is 54.4 Å². The van der Waals surface area contributed by atoms with Crippen LogP contribution in [0.3, 0.4) is 0 Å². The molecule has 3 nitrogen and oxygen atoms in total. The summed E-state index contributed by atoms with van der Waals surface area (Å²) in [5.41, 5.74) is 0.707. The van der Waals surface area contributed by atoms with Gasteiger partial charge in [-0.25, -0.2) is 0 Å². The number of rotatable bonds is 5. The summed E-state index contributed by atoms with van der Waals surface area (Å²) in [5, 5.41) is 11.3. The molecule has 2 rings (SSSR count). The van der Waals surface area contributed by atoms with Gasteiger partial charge in [-0.05, 0) is 36.6 Å². The molecule has 0 bridgehead atoms. The van der Waals surface area contributed by atoms with Crippen LogP contribution in [0.15, 0.2) is 36.4 Å². The number of Topliss-reactive ketones (excluding diaryl/α,β-unsaturated/α-hetero) is 1. The van der Waals surface area contributed by atoms with Crippen molar-refractivity contribution in [2.24, 2.45) is 5.41 Å². The van der Waals surface area contributed by atoms with Gasteiger partial charge in [0.15, 0.2) is 5.78 Å². The van der Waals surface area contributed by atoms with Crippen LogP contribution in [0, 0.1) is 12.3 Å². The predicted octanol–water partition coefficient (Wildman–Crippen LogP) is 4.22. The van der Waals surface area contributed by atoms with E-state index in [1.165, 1.54) is 0 Å². The number of aliphatic carboxylic acids is 1. The minimum Gasteiger partial charge on any atom is -0.481 e. The van der Waals surface area contributed by atoms with Gasteiger partial charge in [-0.3, -0.25) is 9.59 Å². The van der Waals surface area contributed by atoms with E-state index in [0.29, 0.717) is 12.0 Å². The van der Waals surface area contributed by atoms with E-state index in [1.807, 2.05) is 37.3 Å². The fourth-order valence-electron chi connectivity index (χ4n) is 2.51. The van der Waals surface area contributed by atoms with Gasteiger partial charge in [0.25, 0.3) is 0 Å². The second-order valence-corrected chi connectivity index (χ2v) is 5.79. The smallest absolute Gasteiger partial charge is 0.309 e. The lowest BCUT2D eigenvalue weighted by molar-refractivity contribution is -0.148. The molecule has 3 heteroatoms. The van der Waals surface area contributed by atoms with Crippen LogP contribution >= 0.6 is 0 Å². The van der Waals surface area contributed by atoms with E-state index in [2.05, 4.69) is 0 Å². The first kappa shape index (κ1) is 15.2. The van der Waals surface area contributed by atoms with Gasteiger partial charge in [0, 0.05) is 12.0 Å². The molecule has 0 aliphatic heterocycles. The highest BCUT2D eigenvalue weighted by Gasteiger charge is 2.34. The molecule has 21 heavy (non-hydrogen) atoms. The zero-order chi connectivity index (χ0) is 15.6. The lowest BCUT2D eigenvalue weighted by Crippen LogP contribution is -2.29. The summed E-state index contributed by atoms with van der Waals surface area (Å²) in [6.45, 7) is 5.43. The standard InChI is InChI=1S/C18H20O3/c1-4-18(3,17(20)21)11-16(19)15-10-6-8-13-12(2)7-5-9-14(13)15/h5-10H,4,11H2,1-3H3,(H,20,21)/t18-/m0/s1. The average Bonchev–Trinajstić information content (AvgIpc) is 2.46. The van der Waals surface area contributed by atoms with Gasteiger partial charge in [0.05, 0.1) is 5.41 Å². The Balaban J connectivity index is 2.45. The highest BCUT2D eigenvalue weighted by atomic mass is 16.4. The maximum absolute atomic E-state index is 12.6. The molecule has 2 aromatic rings. The number of carbonyl (C=O) groups excluding carboxylic acids is 1. The largest absolute Gasteiger partial charge is 0.481 e. The minimum absolute atomic E-state index is 0.0197. The number of carbonyl (C=O) groups is 2. The molecule has 0 spiro atoms. The molecule has 0 heterocycles. The lowest BCUT2D eigenvalue weighted by atomic mass is 9.80. The number of benzene rings is 2. The molecular weight excluding hydrogens is 264 g/mol. The molecule has 0 fully saturated rings. The summed E-state index contributed by atoms with van der Waals surface area (Å²) in [7, 11) is 0. The number of carboxylic acid groups (broad SMARTS) is 1. The van der Waals surface area contributed by atoms with Crippen LogP contribution in [0.1, 0.15) is 42.6 Å². The monoisotopic (exact) mass is 284 g/mol. The molecular formula is C18H20O3. The van der Waals surface area contributed by atoms with Crippen LogP contribution in [-0.4, -0.2) is 16.9 Å². The summed E-state index contributed by atoms with van der Waals surface area (Å²) >= 11 is 0. The van der Waals surface area contributed by atoms with Crippen molar-refractivity contribution in [3.63, 3.8) is 0 Å². The second-order valence-electron chi connectivity index (χ2n) is 5.79. The average molecular weight is 284 g/mol. The summed E-state index contributed by atoms with van der Waals surface area (Å²) < 4.78 is 0. The Morgan fingerprint density at radius 2 is 1.71 bits per heavy atom. The molecule has 110 valence electrons. The number of carboxylic acids is 1. The van der Waals surface area contributed by atoms with Crippen molar-refractivity contribution in [2.75, 3.05) is 0 Å². The normalized spacial score (nSPS) is 13.9. The first-order chi connectivity index (χ1) is 9.89. The molecule has 0 aliphatic rings. The molecule has 1 atom stereocenters. The molecule has 0 radical (unpaired) electrons. The molecule has 0 aromatic heterocycles. The van der Waals surface area contributed by atoms with E-state index in [9.17, 15) is 14.7 Å². The van der Waals surface area contributed by atoms with Gasteiger partial charge in [0.1, 0.15) is 0 Å². The van der Waals surface area contributed by atoms with E-state index in [-0.39, 0.29) is 12.2 Å². The zero-order valence-electron chi connectivity index (χ0n) is 12.6. The van der Waals surface area contributed by atoms with Crippen molar-refractivity contribution >= 4 is 22.5 Å². The Hall–Kier alpha value is -2.16. The van der Waals surface area contributed by atoms with Crippen LogP contribution in [-0.2, 0) is 4.79 Å². The van der Waals surface area contributed by atoms with Gasteiger partial charge < -0.3 is 5.11 Å². The van der Waals surface area contributed by atoms with Crippen molar-refractivity contribution in [3.05, 3.63) is 47.5 Å². The Kier molecular flexibility index (Phi) is 4.12. The number of ketones is 1. The molecule has 1 N–H and O–H groups in total. The predicted molar refractivity (Wildman–Crippen MR) is 83.7 cm³/mol. The van der Waals surface area contributed by atoms with Crippen LogP contribution in [0.5, 0.6) is 0 Å². The number of aryl methyl sites for hydroxylation is 1. The van der Waals surface area contributed by atoms with Crippen LogP contribution in [0.25, 0.3) is 10.8 Å². The SMILES string of the molecule is CC[C@@](C)(CC(=O)c1cccc2c(C)cccc12)C(=O)O. The first-order valence-corrected chi connectivity index (χ1v) is 7.14. The van der Waals surface area contributed by atoms with Gasteiger partial charge >= 0.3 is 5.97 Å². The Morgan fingerprint density at radius 3 is 2.33 bits per heavy atom. The molecule has 0 unspecified atom stereocenters. The highest BCUT2D eigenvalue weighted by molar-refractivity contribution is 6.09. The van der Waals surface area contributed by atoms with Crippen LogP contribution in [0.2, 0.25) is 0 Å². The maximum atomic E-state index is 12.6.